The van der Waals surface area contributed by atoms with Crippen molar-refractivity contribution in [3.63, 3.8) is 0 Å². The zero-order valence-corrected chi connectivity index (χ0v) is 13.0. The van der Waals surface area contributed by atoms with Crippen LogP contribution >= 0.6 is 11.6 Å². The highest BCUT2D eigenvalue weighted by Gasteiger charge is 2.56. The summed E-state index contributed by atoms with van der Waals surface area (Å²) >= 11 is 6.31. The van der Waals surface area contributed by atoms with Gasteiger partial charge in [-0.3, -0.25) is 9.69 Å². The van der Waals surface area contributed by atoms with E-state index < -0.39 is 0 Å². The Kier molecular flexibility index (Phi) is 3.07. The van der Waals surface area contributed by atoms with Gasteiger partial charge in [0, 0.05) is 32.2 Å². The van der Waals surface area contributed by atoms with Gasteiger partial charge < -0.3 is 14.2 Å². The minimum absolute atomic E-state index is 0.115. The third-order valence-electron chi connectivity index (χ3n) is 5.45. The molecule has 4 heterocycles. The summed E-state index contributed by atoms with van der Waals surface area (Å²) in [6.07, 6.45) is 2.00. The van der Waals surface area contributed by atoms with Gasteiger partial charge in [-0.2, -0.15) is 0 Å². The molecule has 0 saturated carbocycles. The lowest BCUT2D eigenvalue weighted by Gasteiger charge is -2.51. The van der Waals surface area contributed by atoms with E-state index in [0.29, 0.717) is 11.1 Å². The first kappa shape index (κ1) is 13.6. The number of fused-ring (bicyclic) bond motifs is 2. The number of rotatable bonds is 1. The van der Waals surface area contributed by atoms with Gasteiger partial charge in [-0.05, 0) is 32.0 Å². The lowest BCUT2D eigenvalue weighted by Crippen LogP contribution is -2.65. The topological polar surface area (TPSA) is 37.7 Å². The Bertz CT molecular complexity index is 581. The Morgan fingerprint density at radius 1 is 1.29 bits per heavy atom. The van der Waals surface area contributed by atoms with Crippen molar-refractivity contribution in [3.05, 3.63) is 23.0 Å². The molecule has 1 aromatic heterocycles. The van der Waals surface area contributed by atoms with Crippen molar-refractivity contribution in [2.45, 2.75) is 25.0 Å². The maximum absolute atomic E-state index is 12.9. The maximum Gasteiger partial charge on any atom is 0.272 e. The van der Waals surface area contributed by atoms with Crippen molar-refractivity contribution >= 4 is 17.5 Å². The molecule has 4 rings (SSSR count). The zero-order chi connectivity index (χ0) is 14.6. The summed E-state index contributed by atoms with van der Waals surface area (Å²) in [5, 5.41) is 0.657. The number of carbonyl (C=O) groups excluding carboxylic acids is 1. The van der Waals surface area contributed by atoms with Gasteiger partial charge in [0.05, 0.1) is 6.54 Å². The van der Waals surface area contributed by atoms with Crippen molar-refractivity contribution in [1.29, 1.82) is 0 Å². The van der Waals surface area contributed by atoms with Crippen LogP contribution in [0.2, 0.25) is 5.15 Å². The fraction of sp³-hybridized carbons (Fsp3) is 0.667. The summed E-state index contributed by atoms with van der Waals surface area (Å²) < 4.78 is 7.50. The summed E-state index contributed by atoms with van der Waals surface area (Å²) in [6, 6.07) is 3.67. The second-order valence-corrected chi connectivity index (χ2v) is 6.66. The SMILES string of the molecule is CN1CCN2C(=O)c3ccc(Cl)n3CC12C1CCOCC1. The third kappa shape index (κ3) is 1.74. The molecule has 3 aliphatic rings. The van der Waals surface area contributed by atoms with Crippen LogP contribution in [-0.4, -0.2) is 59.3 Å². The van der Waals surface area contributed by atoms with Crippen LogP contribution in [0.1, 0.15) is 23.3 Å². The van der Waals surface area contributed by atoms with E-state index in [2.05, 4.69) is 16.8 Å². The fourth-order valence-corrected chi connectivity index (χ4v) is 4.52. The van der Waals surface area contributed by atoms with E-state index in [1.807, 2.05) is 16.7 Å². The van der Waals surface area contributed by atoms with E-state index in [1.54, 1.807) is 0 Å². The van der Waals surface area contributed by atoms with Crippen LogP contribution in [0.4, 0.5) is 0 Å². The van der Waals surface area contributed by atoms with Crippen molar-refractivity contribution in [3.8, 4) is 0 Å². The molecular formula is C15H20ClN3O2. The Morgan fingerprint density at radius 2 is 2.05 bits per heavy atom. The minimum atomic E-state index is -0.240. The van der Waals surface area contributed by atoms with Gasteiger partial charge in [-0.1, -0.05) is 11.6 Å². The number of amides is 1. The molecule has 2 saturated heterocycles. The van der Waals surface area contributed by atoms with Gasteiger partial charge in [0.1, 0.15) is 16.5 Å². The predicted octanol–water partition coefficient (Wildman–Crippen LogP) is 1.67. The molecule has 114 valence electrons. The smallest absolute Gasteiger partial charge is 0.272 e. The Morgan fingerprint density at radius 3 is 2.81 bits per heavy atom. The molecule has 0 spiro atoms. The molecule has 0 aromatic carbocycles. The summed E-state index contributed by atoms with van der Waals surface area (Å²) in [6.45, 7) is 4.06. The molecule has 0 bridgehead atoms. The lowest BCUT2D eigenvalue weighted by atomic mass is 9.83. The van der Waals surface area contributed by atoms with E-state index in [4.69, 9.17) is 16.3 Å². The lowest BCUT2D eigenvalue weighted by molar-refractivity contribution is -0.0746. The largest absolute Gasteiger partial charge is 0.381 e. The van der Waals surface area contributed by atoms with Crippen molar-refractivity contribution in [2.75, 3.05) is 33.4 Å². The second kappa shape index (κ2) is 4.73. The number of aromatic nitrogens is 1. The van der Waals surface area contributed by atoms with Crippen LogP contribution in [0.5, 0.6) is 0 Å². The van der Waals surface area contributed by atoms with Crippen LogP contribution in [0, 0.1) is 5.92 Å². The number of halogens is 1. The quantitative estimate of drug-likeness (QED) is 0.792. The van der Waals surface area contributed by atoms with Crippen molar-refractivity contribution < 1.29 is 9.53 Å². The molecular weight excluding hydrogens is 290 g/mol. The summed E-state index contributed by atoms with van der Waals surface area (Å²) in [4.78, 5) is 17.3. The van der Waals surface area contributed by atoms with E-state index >= 15 is 0 Å². The first-order valence-electron chi connectivity index (χ1n) is 7.60. The van der Waals surface area contributed by atoms with Gasteiger partial charge in [0.2, 0.25) is 0 Å². The van der Waals surface area contributed by atoms with E-state index in [-0.39, 0.29) is 11.6 Å². The predicted molar refractivity (Wildman–Crippen MR) is 79.4 cm³/mol. The molecule has 5 nitrogen and oxygen atoms in total. The molecule has 1 unspecified atom stereocenters. The molecule has 0 radical (unpaired) electrons. The molecule has 0 aliphatic carbocycles. The van der Waals surface area contributed by atoms with Gasteiger partial charge in [0.25, 0.3) is 5.91 Å². The van der Waals surface area contributed by atoms with Crippen LogP contribution in [0.15, 0.2) is 12.1 Å². The molecule has 21 heavy (non-hydrogen) atoms. The number of hydrogen-bond acceptors (Lipinski definition) is 3. The van der Waals surface area contributed by atoms with Gasteiger partial charge in [0.15, 0.2) is 0 Å². The molecule has 1 atom stereocenters. The van der Waals surface area contributed by atoms with Crippen LogP contribution in [0.25, 0.3) is 0 Å². The van der Waals surface area contributed by atoms with Gasteiger partial charge in [-0.15, -0.1) is 0 Å². The number of likely N-dealkylation sites (N-methyl/N-ethyl adjacent to an activating group) is 1. The number of carbonyl (C=O) groups is 1. The molecule has 1 amide bonds. The number of hydrogen-bond donors (Lipinski definition) is 0. The number of ether oxygens (including phenoxy) is 1. The van der Waals surface area contributed by atoms with E-state index in [9.17, 15) is 4.79 Å². The summed E-state index contributed by atoms with van der Waals surface area (Å²) in [5.74, 6) is 0.554. The highest BCUT2D eigenvalue weighted by Crippen LogP contribution is 2.43. The Hall–Kier alpha value is -1.04. The molecule has 2 fully saturated rings. The normalized spacial score (nSPS) is 30.6. The van der Waals surface area contributed by atoms with Gasteiger partial charge >= 0.3 is 0 Å². The highest BCUT2D eigenvalue weighted by atomic mass is 35.5. The average molecular weight is 310 g/mol. The van der Waals surface area contributed by atoms with Crippen LogP contribution < -0.4 is 0 Å². The molecule has 3 aliphatic heterocycles. The summed E-state index contributed by atoms with van der Waals surface area (Å²) in [7, 11) is 2.13. The molecule has 6 heteroatoms. The first-order valence-corrected chi connectivity index (χ1v) is 7.98. The highest BCUT2D eigenvalue weighted by molar-refractivity contribution is 6.30. The standard InChI is InChI=1S/C15H20ClN3O2/c1-17-6-7-19-14(20)12-2-3-13(16)18(12)10-15(17,19)11-4-8-21-9-5-11/h2-3,11H,4-10H2,1H3. The number of nitrogens with zero attached hydrogens (tertiary/aromatic N) is 3. The third-order valence-corrected chi connectivity index (χ3v) is 5.78. The molecule has 1 aromatic rings. The van der Waals surface area contributed by atoms with Crippen molar-refractivity contribution in [1.82, 2.24) is 14.4 Å². The van der Waals surface area contributed by atoms with E-state index in [0.717, 1.165) is 51.4 Å². The van der Waals surface area contributed by atoms with Crippen molar-refractivity contribution in [2.24, 2.45) is 5.92 Å². The second-order valence-electron chi connectivity index (χ2n) is 6.27. The zero-order valence-electron chi connectivity index (χ0n) is 12.2. The van der Waals surface area contributed by atoms with Crippen LogP contribution in [0.3, 0.4) is 0 Å². The minimum Gasteiger partial charge on any atom is -0.381 e. The van der Waals surface area contributed by atoms with Crippen LogP contribution in [-0.2, 0) is 11.3 Å². The maximum atomic E-state index is 12.9. The Balaban J connectivity index is 1.82. The van der Waals surface area contributed by atoms with E-state index in [1.165, 1.54) is 0 Å². The average Bonchev–Trinajstić information content (AvgIpc) is 3.04. The summed E-state index contributed by atoms with van der Waals surface area (Å²) in [5.41, 5.74) is 0.481. The fourth-order valence-electron chi connectivity index (χ4n) is 4.31. The Labute approximate surface area is 129 Å². The molecule has 0 N–H and O–H groups in total. The monoisotopic (exact) mass is 309 g/mol. The first-order chi connectivity index (χ1) is 10.1. The van der Waals surface area contributed by atoms with Gasteiger partial charge in [-0.25, -0.2) is 0 Å².